The zero-order valence-electron chi connectivity index (χ0n) is 11.3. The molecule has 1 aromatic heterocycles. The Morgan fingerprint density at radius 1 is 1.16 bits per heavy atom. The first-order chi connectivity index (χ1) is 9.10. The van der Waals surface area contributed by atoms with E-state index in [1.807, 2.05) is 6.07 Å². The van der Waals surface area contributed by atoms with E-state index in [0.29, 0.717) is 18.5 Å². The van der Waals surface area contributed by atoms with Gasteiger partial charge in [0.05, 0.1) is 5.69 Å². The Kier molecular flexibility index (Phi) is 4.07. The largest absolute Gasteiger partial charge is 0.325 e. The average molecular weight is 254 g/mol. The molecule has 1 aromatic carbocycles. The first kappa shape index (κ1) is 13.4. The number of ketones is 1. The first-order valence-electron chi connectivity index (χ1n) is 6.34. The van der Waals surface area contributed by atoms with E-state index in [4.69, 9.17) is 5.73 Å². The van der Waals surface area contributed by atoms with E-state index in [2.05, 4.69) is 31.0 Å². The summed E-state index contributed by atoms with van der Waals surface area (Å²) in [5.41, 5.74) is 10.4. The Balaban J connectivity index is 2.18. The molecule has 0 fully saturated rings. The van der Waals surface area contributed by atoms with Crippen LogP contribution >= 0.6 is 0 Å². The standard InChI is InChI=1S/C16H18N2O/c1-11-3-4-13(7-12(11)2)8-16(19)14-5-6-18-15(9-14)10-17/h3-7,9H,8,10,17H2,1-2H3. The second-order valence-corrected chi connectivity index (χ2v) is 4.76. The zero-order chi connectivity index (χ0) is 13.8. The molecular weight excluding hydrogens is 236 g/mol. The normalized spacial score (nSPS) is 10.5. The minimum atomic E-state index is 0.0975. The number of rotatable bonds is 4. The predicted octanol–water partition coefficient (Wildman–Crippen LogP) is 2.58. The molecule has 2 N–H and O–H groups in total. The van der Waals surface area contributed by atoms with Crippen LogP contribution in [0.25, 0.3) is 0 Å². The van der Waals surface area contributed by atoms with Crippen LogP contribution in [0.3, 0.4) is 0 Å². The molecule has 3 nitrogen and oxygen atoms in total. The number of pyridine rings is 1. The fraction of sp³-hybridized carbons (Fsp3) is 0.250. The van der Waals surface area contributed by atoms with Crippen LogP contribution in [0.1, 0.15) is 32.7 Å². The van der Waals surface area contributed by atoms with E-state index < -0.39 is 0 Å². The van der Waals surface area contributed by atoms with Gasteiger partial charge in [-0.05, 0) is 42.7 Å². The third-order valence-corrected chi connectivity index (χ3v) is 3.28. The number of benzene rings is 1. The van der Waals surface area contributed by atoms with Crippen molar-refractivity contribution >= 4 is 5.78 Å². The molecule has 98 valence electrons. The van der Waals surface area contributed by atoms with Crippen molar-refractivity contribution in [2.45, 2.75) is 26.8 Å². The van der Waals surface area contributed by atoms with Gasteiger partial charge in [-0.2, -0.15) is 0 Å². The molecule has 3 heteroatoms. The molecule has 0 saturated carbocycles. The second kappa shape index (κ2) is 5.76. The second-order valence-electron chi connectivity index (χ2n) is 4.76. The van der Waals surface area contributed by atoms with Gasteiger partial charge in [-0.3, -0.25) is 9.78 Å². The average Bonchev–Trinajstić information content (AvgIpc) is 2.43. The molecule has 0 spiro atoms. The van der Waals surface area contributed by atoms with Crippen LogP contribution in [0.5, 0.6) is 0 Å². The molecule has 0 radical (unpaired) electrons. The summed E-state index contributed by atoms with van der Waals surface area (Å²) < 4.78 is 0. The van der Waals surface area contributed by atoms with E-state index in [1.54, 1.807) is 18.3 Å². The minimum Gasteiger partial charge on any atom is -0.325 e. The summed E-state index contributed by atoms with van der Waals surface area (Å²) in [5.74, 6) is 0.0975. The number of aromatic nitrogens is 1. The Labute approximate surface area is 113 Å². The highest BCUT2D eigenvalue weighted by molar-refractivity contribution is 5.97. The number of Topliss-reactive ketones (excluding diaryl/α,β-unsaturated/α-hetero) is 1. The lowest BCUT2D eigenvalue weighted by atomic mass is 10.00. The number of carbonyl (C=O) groups excluding carboxylic acids is 1. The van der Waals surface area contributed by atoms with Gasteiger partial charge in [0.1, 0.15) is 0 Å². The Hall–Kier alpha value is -2.00. The highest BCUT2D eigenvalue weighted by atomic mass is 16.1. The van der Waals surface area contributed by atoms with Crippen LogP contribution in [-0.4, -0.2) is 10.8 Å². The van der Waals surface area contributed by atoms with Crippen LogP contribution in [0.2, 0.25) is 0 Å². The first-order valence-corrected chi connectivity index (χ1v) is 6.34. The summed E-state index contributed by atoms with van der Waals surface area (Å²) in [6, 6.07) is 9.63. The fourth-order valence-corrected chi connectivity index (χ4v) is 1.96. The molecule has 0 saturated heterocycles. The lowest BCUT2D eigenvalue weighted by molar-refractivity contribution is 0.0992. The van der Waals surface area contributed by atoms with Gasteiger partial charge in [0, 0.05) is 24.7 Å². The van der Waals surface area contributed by atoms with Gasteiger partial charge in [-0.1, -0.05) is 18.2 Å². The van der Waals surface area contributed by atoms with Gasteiger partial charge < -0.3 is 5.73 Å². The lowest BCUT2D eigenvalue weighted by Crippen LogP contribution is -2.07. The quantitative estimate of drug-likeness (QED) is 0.853. The van der Waals surface area contributed by atoms with Crippen LogP contribution in [0.4, 0.5) is 0 Å². The summed E-state index contributed by atoms with van der Waals surface area (Å²) in [6.45, 7) is 4.48. The van der Waals surface area contributed by atoms with Crippen molar-refractivity contribution in [3.05, 3.63) is 64.5 Å². The van der Waals surface area contributed by atoms with Crippen LogP contribution < -0.4 is 5.73 Å². The summed E-state index contributed by atoms with van der Waals surface area (Å²) >= 11 is 0. The number of carbonyl (C=O) groups is 1. The maximum atomic E-state index is 12.2. The van der Waals surface area contributed by atoms with Gasteiger partial charge in [0.25, 0.3) is 0 Å². The summed E-state index contributed by atoms with van der Waals surface area (Å²) in [5, 5.41) is 0. The van der Waals surface area contributed by atoms with Crippen molar-refractivity contribution in [2.75, 3.05) is 0 Å². The van der Waals surface area contributed by atoms with Crippen molar-refractivity contribution in [3.63, 3.8) is 0 Å². The highest BCUT2D eigenvalue weighted by Gasteiger charge is 2.08. The van der Waals surface area contributed by atoms with E-state index in [1.165, 1.54) is 11.1 Å². The van der Waals surface area contributed by atoms with Crippen molar-refractivity contribution in [1.82, 2.24) is 4.98 Å². The fourth-order valence-electron chi connectivity index (χ4n) is 1.96. The molecule has 1 heterocycles. The monoisotopic (exact) mass is 254 g/mol. The minimum absolute atomic E-state index is 0.0975. The molecule has 19 heavy (non-hydrogen) atoms. The van der Waals surface area contributed by atoms with Crippen LogP contribution in [-0.2, 0) is 13.0 Å². The molecule has 2 rings (SSSR count). The number of aryl methyl sites for hydroxylation is 2. The molecule has 0 unspecified atom stereocenters. The van der Waals surface area contributed by atoms with Crippen molar-refractivity contribution in [1.29, 1.82) is 0 Å². The maximum absolute atomic E-state index is 12.2. The number of hydrogen-bond donors (Lipinski definition) is 1. The Morgan fingerprint density at radius 2 is 1.95 bits per heavy atom. The molecule has 0 aliphatic carbocycles. The van der Waals surface area contributed by atoms with Crippen molar-refractivity contribution in [3.8, 4) is 0 Å². The van der Waals surface area contributed by atoms with E-state index in [-0.39, 0.29) is 5.78 Å². The SMILES string of the molecule is Cc1ccc(CC(=O)c2ccnc(CN)c2)cc1C. The van der Waals surface area contributed by atoms with Crippen LogP contribution in [0, 0.1) is 13.8 Å². The van der Waals surface area contributed by atoms with Gasteiger partial charge in [0.15, 0.2) is 5.78 Å². The molecule has 0 bridgehead atoms. The van der Waals surface area contributed by atoms with E-state index in [9.17, 15) is 4.79 Å². The lowest BCUT2D eigenvalue weighted by Gasteiger charge is -2.06. The third-order valence-electron chi connectivity index (χ3n) is 3.28. The van der Waals surface area contributed by atoms with Gasteiger partial charge in [0.2, 0.25) is 0 Å². The third kappa shape index (κ3) is 3.26. The van der Waals surface area contributed by atoms with Crippen molar-refractivity contribution in [2.24, 2.45) is 5.73 Å². The summed E-state index contributed by atoms with van der Waals surface area (Å²) in [6.07, 6.45) is 2.05. The van der Waals surface area contributed by atoms with E-state index >= 15 is 0 Å². The molecule has 0 amide bonds. The predicted molar refractivity (Wildman–Crippen MR) is 76.1 cm³/mol. The topological polar surface area (TPSA) is 56.0 Å². The summed E-state index contributed by atoms with van der Waals surface area (Å²) in [4.78, 5) is 16.3. The molecule has 2 aromatic rings. The van der Waals surface area contributed by atoms with E-state index in [0.717, 1.165) is 11.3 Å². The number of nitrogens with two attached hydrogens (primary N) is 1. The highest BCUT2D eigenvalue weighted by Crippen LogP contribution is 2.13. The Morgan fingerprint density at radius 3 is 2.63 bits per heavy atom. The maximum Gasteiger partial charge on any atom is 0.167 e. The van der Waals surface area contributed by atoms with Gasteiger partial charge in [-0.25, -0.2) is 0 Å². The summed E-state index contributed by atoms with van der Waals surface area (Å²) in [7, 11) is 0. The van der Waals surface area contributed by atoms with Crippen LogP contribution in [0.15, 0.2) is 36.5 Å². The van der Waals surface area contributed by atoms with Gasteiger partial charge in [-0.15, -0.1) is 0 Å². The van der Waals surface area contributed by atoms with Crippen molar-refractivity contribution < 1.29 is 4.79 Å². The number of nitrogens with zero attached hydrogens (tertiary/aromatic N) is 1. The molecule has 0 aliphatic rings. The molecule has 0 atom stereocenters. The molecule has 0 aliphatic heterocycles. The zero-order valence-corrected chi connectivity index (χ0v) is 11.3. The smallest absolute Gasteiger partial charge is 0.167 e. The van der Waals surface area contributed by atoms with Gasteiger partial charge >= 0.3 is 0 Å². The number of hydrogen-bond acceptors (Lipinski definition) is 3. The Bertz CT molecular complexity index is 605. The molecular formula is C16H18N2O.